The SMILES string of the molecule is CCOC(=O)CC(C)(C)NCc1ccc(C(F)(F)F)cc1. The average molecular weight is 303 g/mol. The van der Waals surface area contributed by atoms with Crippen LogP contribution in [0.3, 0.4) is 0 Å². The molecule has 6 heteroatoms. The lowest BCUT2D eigenvalue weighted by molar-refractivity contribution is -0.144. The summed E-state index contributed by atoms with van der Waals surface area (Å²) in [6.45, 7) is 6.13. The number of ether oxygens (including phenoxy) is 1. The van der Waals surface area contributed by atoms with E-state index in [1.54, 1.807) is 6.92 Å². The Kier molecular flexibility index (Phi) is 5.78. The van der Waals surface area contributed by atoms with Crippen molar-refractivity contribution >= 4 is 5.97 Å². The molecular weight excluding hydrogens is 283 g/mol. The van der Waals surface area contributed by atoms with Crippen LogP contribution < -0.4 is 5.32 Å². The third kappa shape index (κ3) is 6.16. The van der Waals surface area contributed by atoms with Crippen LogP contribution in [0.15, 0.2) is 24.3 Å². The fraction of sp³-hybridized carbons (Fsp3) is 0.533. The first-order chi connectivity index (χ1) is 9.64. The lowest BCUT2D eigenvalue weighted by Gasteiger charge is -2.25. The number of alkyl halides is 3. The summed E-state index contributed by atoms with van der Waals surface area (Å²) in [5.74, 6) is -0.303. The molecule has 1 N–H and O–H groups in total. The summed E-state index contributed by atoms with van der Waals surface area (Å²) in [6.07, 6.45) is -4.13. The molecule has 0 aliphatic carbocycles. The standard InChI is InChI=1S/C15H20F3NO2/c1-4-21-13(20)9-14(2,3)19-10-11-5-7-12(8-6-11)15(16,17)18/h5-8,19H,4,9-10H2,1-3H3. The second-order valence-corrected chi connectivity index (χ2v) is 5.41. The van der Waals surface area contributed by atoms with Crippen molar-refractivity contribution in [3.63, 3.8) is 0 Å². The Morgan fingerprint density at radius 3 is 2.24 bits per heavy atom. The number of benzene rings is 1. The maximum atomic E-state index is 12.4. The minimum absolute atomic E-state index is 0.196. The number of hydrogen-bond acceptors (Lipinski definition) is 3. The zero-order valence-electron chi connectivity index (χ0n) is 12.4. The van der Waals surface area contributed by atoms with Crippen LogP contribution in [0.2, 0.25) is 0 Å². The predicted octanol–water partition coefficient (Wildman–Crippen LogP) is 3.53. The van der Waals surface area contributed by atoms with Gasteiger partial charge in [-0.1, -0.05) is 12.1 Å². The van der Waals surface area contributed by atoms with Gasteiger partial charge < -0.3 is 10.1 Å². The van der Waals surface area contributed by atoms with E-state index in [9.17, 15) is 18.0 Å². The molecule has 0 bridgehead atoms. The summed E-state index contributed by atoms with van der Waals surface area (Å²) in [4.78, 5) is 11.4. The van der Waals surface area contributed by atoms with Crippen LogP contribution in [0, 0.1) is 0 Å². The predicted molar refractivity (Wildman–Crippen MR) is 73.6 cm³/mol. The van der Waals surface area contributed by atoms with Crippen molar-refractivity contribution in [1.82, 2.24) is 5.32 Å². The van der Waals surface area contributed by atoms with Gasteiger partial charge in [0.15, 0.2) is 0 Å². The fourth-order valence-electron chi connectivity index (χ4n) is 1.79. The Bertz CT molecular complexity index is 467. The van der Waals surface area contributed by atoms with E-state index >= 15 is 0 Å². The lowest BCUT2D eigenvalue weighted by atomic mass is 10.00. The molecule has 0 unspecified atom stereocenters. The van der Waals surface area contributed by atoms with E-state index in [1.165, 1.54) is 12.1 Å². The van der Waals surface area contributed by atoms with Crippen molar-refractivity contribution in [3.05, 3.63) is 35.4 Å². The molecule has 0 atom stereocenters. The van der Waals surface area contributed by atoms with Crippen LogP contribution in [-0.2, 0) is 22.3 Å². The molecule has 1 rings (SSSR count). The third-order valence-electron chi connectivity index (χ3n) is 2.94. The van der Waals surface area contributed by atoms with Gasteiger partial charge in [-0.25, -0.2) is 0 Å². The number of carbonyl (C=O) groups is 1. The third-order valence-corrected chi connectivity index (χ3v) is 2.94. The summed E-state index contributed by atoms with van der Waals surface area (Å²) in [7, 11) is 0. The van der Waals surface area contributed by atoms with Crippen molar-refractivity contribution < 1.29 is 22.7 Å². The largest absolute Gasteiger partial charge is 0.466 e. The molecule has 0 aromatic heterocycles. The molecule has 0 heterocycles. The molecule has 1 aromatic carbocycles. The summed E-state index contributed by atoms with van der Waals surface area (Å²) in [6, 6.07) is 4.96. The Labute approximate surface area is 122 Å². The molecular formula is C15H20F3NO2. The monoisotopic (exact) mass is 303 g/mol. The van der Waals surface area contributed by atoms with Crippen molar-refractivity contribution in [2.24, 2.45) is 0 Å². The fourth-order valence-corrected chi connectivity index (χ4v) is 1.79. The Hall–Kier alpha value is -1.56. The van der Waals surface area contributed by atoms with Crippen LogP contribution >= 0.6 is 0 Å². The quantitative estimate of drug-likeness (QED) is 0.817. The molecule has 0 spiro atoms. The molecule has 0 radical (unpaired) electrons. The van der Waals surface area contributed by atoms with E-state index in [1.807, 2.05) is 13.8 Å². The minimum Gasteiger partial charge on any atom is -0.466 e. The summed E-state index contributed by atoms with van der Waals surface area (Å²) < 4.78 is 42.2. The molecule has 21 heavy (non-hydrogen) atoms. The van der Waals surface area contributed by atoms with Gasteiger partial charge in [0.25, 0.3) is 0 Å². The Balaban J connectivity index is 2.56. The molecule has 3 nitrogen and oxygen atoms in total. The van der Waals surface area contributed by atoms with Crippen LogP contribution in [0.25, 0.3) is 0 Å². The highest BCUT2D eigenvalue weighted by Crippen LogP contribution is 2.29. The maximum absolute atomic E-state index is 12.4. The van der Waals surface area contributed by atoms with Crippen LogP contribution in [0.4, 0.5) is 13.2 Å². The minimum atomic E-state index is -4.32. The number of esters is 1. The zero-order valence-corrected chi connectivity index (χ0v) is 12.4. The first-order valence-corrected chi connectivity index (χ1v) is 6.71. The second kappa shape index (κ2) is 6.93. The van der Waals surface area contributed by atoms with Gasteiger partial charge in [-0.3, -0.25) is 4.79 Å². The first kappa shape index (κ1) is 17.5. The number of nitrogens with one attached hydrogen (secondary N) is 1. The number of halogens is 3. The smallest absolute Gasteiger partial charge is 0.416 e. The number of rotatable bonds is 6. The van der Waals surface area contributed by atoms with Crippen LogP contribution in [0.5, 0.6) is 0 Å². The lowest BCUT2D eigenvalue weighted by Crippen LogP contribution is -2.41. The molecule has 0 amide bonds. The van der Waals surface area contributed by atoms with Crippen LogP contribution in [0.1, 0.15) is 38.3 Å². The van der Waals surface area contributed by atoms with E-state index in [0.29, 0.717) is 13.2 Å². The number of carbonyl (C=O) groups excluding carboxylic acids is 1. The van der Waals surface area contributed by atoms with Crippen molar-refractivity contribution in [2.45, 2.75) is 45.5 Å². The molecule has 0 saturated carbocycles. The molecule has 0 aliphatic heterocycles. The maximum Gasteiger partial charge on any atom is 0.416 e. The van der Waals surface area contributed by atoms with E-state index in [4.69, 9.17) is 4.74 Å². The Morgan fingerprint density at radius 1 is 1.19 bits per heavy atom. The summed E-state index contributed by atoms with van der Waals surface area (Å²) in [5.41, 5.74) is -0.438. The Morgan fingerprint density at radius 2 is 1.76 bits per heavy atom. The highest BCUT2D eigenvalue weighted by molar-refractivity contribution is 5.70. The van der Waals surface area contributed by atoms with Gasteiger partial charge in [0.05, 0.1) is 18.6 Å². The summed E-state index contributed by atoms with van der Waals surface area (Å²) in [5, 5.41) is 3.14. The van der Waals surface area contributed by atoms with Crippen molar-refractivity contribution in [2.75, 3.05) is 6.61 Å². The van der Waals surface area contributed by atoms with Crippen molar-refractivity contribution in [3.8, 4) is 0 Å². The molecule has 0 saturated heterocycles. The normalized spacial score (nSPS) is 12.3. The topological polar surface area (TPSA) is 38.3 Å². The van der Waals surface area contributed by atoms with Gasteiger partial charge in [-0.15, -0.1) is 0 Å². The average Bonchev–Trinajstić information content (AvgIpc) is 2.35. The molecule has 1 aromatic rings. The van der Waals surface area contributed by atoms with Gasteiger partial charge in [-0.2, -0.15) is 13.2 Å². The molecule has 0 fully saturated rings. The second-order valence-electron chi connectivity index (χ2n) is 5.41. The molecule has 118 valence electrons. The zero-order chi connectivity index (χ0) is 16.1. The van der Waals surface area contributed by atoms with Crippen LogP contribution in [-0.4, -0.2) is 18.1 Å². The van der Waals surface area contributed by atoms with E-state index < -0.39 is 17.3 Å². The van der Waals surface area contributed by atoms with E-state index in [-0.39, 0.29) is 12.4 Å². The highest BCUT2D eigenvalue weighted by atomic mass is 19.4. The molecule has 0 aliphatic rings. The van der Waals surface area contributed by atoms with Gasteiger partial charge in [0.2, 0.25) is 0 Å². The van der Waals surface area contributed by atoms with Gasteiger partial charge in [-0.05, 0) is 38.5 Å². The first-order valence-electron chi connectivity index (χ1n) is 6.71. The van der Waals surface area contributed by atoms with Crippen molar-refractivity contribution in [1.29, 1.82) is 0 Å². The highest BCUT2D eigenvalue weighted by Gasteiger charge is 2.30. The number of hydrogen-bond donors (Lipinski definition) is 1. The van der Waals surface area contributed by atoms with E-state index in [2.05, 4.69) is 5.32 Å². The van der Waals surface area contributed by atoms with Gasteiger partial charge in [0.1, 0.15) is 0 Å². The van der Waals surface area contributed by atoms with E-state index in [0.717, 1.165) is 17.7 Å². The van der Waals surface area contributed by atoms with Gasteiger partial charge >= 0.3 is 12.1 Å². The van der Waals surface area contributed by atoms with Gasteiger partial charge in [0, 0.05) is 12.1 Å². The summed E-state index contributed by atoms with van der Waals surface area (Å²) >= 11 is 0.